The highest BCUT2D eigenvalue weighted by molar-refractivity contribution is 6.35. The molecule has 0 aliphatic carbocycles. The van der Waals surface area contributed by atoms with Crippen LogP contribution in [0.5, 0.6) is 17.2 Å². The van der Waals surface area contributed by atoms with Crippen LogP contribution in [0.25, 0.3) is 83.9 Å². The summed E-state index contributed by atoms with van der Waals surface area (Å²) in [4.78, 5) is 117. The molecule has 3 saturated heterocycles. The molecule has 0 bridgehead atoms. The molecule has 3 aliphatic rings. The molecule has 12 aromatic rings. The maximum absolute atomic E-state index is 15.6. The first-order valence-electron chi connectivity index (χ1n) is 44.9. The fourth-order valence-corrected chi connectivity index (χ4v) is 20.0. The Morgan fingerprint density at radius 3 is 0.830 bits per heavy atom. The molecule has 6 atom stereocenters. The lowest BCUT2D eigenvalue weighted by atomic mass is 10.00. The van der Waals surface area contributed by atoms with E-state index in [1.807, 2.05) is 32.1 Å². The van der Waals surface area contributed by atoms with Gasteiger partial charge in [-0.15, -0.1) is 0 Å². The highest BCUT2D eigenvalue weighted by Crippen LogP contribution is 2.52. The molecule has 147 heavy (non-hydrogen) atoms. The molecule has 3 aliphatic heterocycles. The zero-order chi connectivity index (χ0) is 109. The number of benzene rings is 3. The number of fused-ring (bicyclic) bond motifs is 3. The van der Waals surface area contributed by atoms with Gasteiger partial charge in [0.15, 0.2) is 52.2 Å². The van der Waals surface area contributed by atoms with E-state index < -0.39 is 201 Å². The molecule has 3 amide bonds. The van der Waals surface area contributed by atoms with Crippen molar-refractivity contribution in [2.24, 2.45) is 0 Å². The lowest BCUT2D eigenvalue weighted by molar-refractivity contribution is -0.143. The first-order chi connectivity index (χ1) is 68.9. The topological polar surface area (TPSA) is 346 Å². The highest BCUT2D eigenvalue weighted by Gasteiger charge is 2.48. The number of carbonyl (C=O) groups excluding carboxylic acids is 3. The molecule has 12 heterocycles. The minimum absolute atomic E-state index is 0.00529. The second-order valence-corrected chi connectivity index (χ2v) is 37.5. The molecular weight excluding hydrogens is 2020 g/mol. The summed E-state index contributed by atoms with van der Waals surface area (Å²) >= 11 is 19.7. The second-order valence-electron chi connectivity index (χ2n) is 36.3. The Morgan fingerprint density at radius 1 is 0.388 bits per heavy atom. The summed E-state index contributed by atoms with van der Waals surface area (Å²) < 4.78 is 234. The number of anilines is 3. The van der Waals surface area contributed by atoms with Crippen LogP contribution in [0, 0.1) is 113 Å². The Labute approximate surface area is 841 Å². The zero-order valence-corrected chi connectivity index (χ0v) is 82.8. The van der Waals surface area contributed by atoms with Crippen LogP contribution in [0.3, 0.4) is 0 Å². The number of phenolic OH excluding ortho intramolecular Hbond substituents is 3. The monoisotopic (exact) mass is 2100 g/mol. The van der Waals surface area contributed by atoms with Crippen molar-refractivity contribution in [2.45, 2.75) is 170 Å². The Bertz CT molecular complexity index is 7560. The van der Waals surface area contributed by atoms with Crippen LogP contribution in [-0.2, 0) is 26.7 Å². The Balaban J connectivity index is 0.000000184. The quantitative estimate of drug-likeness (QED) is 0.0371. The first-order valence-corrected chi connectivity index (χ1v) is 46.1. The summed E-state index contributed by atoms with van der Waals surface area (Å²) in [7, 11) is 0. The second kappa shape index (κ2) is 41.4. The SMILES string of the molecule is C=CC(=O)N1[C@H](C)CN(c2c(C#N)c(=O)n(-c3c(C)ccnc3C(C)C)c3nc(-c4c(O)c(F)c(F)c(C(F)(F)F)c4F)c(Cl)cc23)C[C@@H]1C.C=CC(=O)N1[C@H](C)CN(c2c(C#N)c(=O)n(-c3c(C)ccnc3C(C)C)c3nc(-c4c(O)c(F)c(F)c(C(F)(F)F)c4F)c(Cl)cc23)C[C@@H]1C.C=CC(=O)N1[C@H](C)CN(c2c(C#N)c(=O)n(-c3c(C)ccnc3C(C)C)c3nc(-c4c(O)c(F)c(F)c(F)c4F)c(Cl)cc23)C[C@@H]1C. The molecular formula is C101H87Cl3F16N18O9. The molecule has 3 fully saturated rings. The van der Waals surface area contributed by atoms with E-state index in [1.54, 1.807) is 144 Å². The molecule has 0 spiro atoms. The molecule has 3 N–H and O–H groups in total. The van der Waals surface area contributed by atoms with Crippen molar-refractivity contribution in [3.8, 4) is 86.3 Å². The molecule has 46 heteroatoms. The van der Waals surface area contributed by atoms with Crippen LogP contribution < -0.4 is 31.4 Å². The third kappa shape index (κ3) is 18.9. The van der Waals surface area contributed by atoms with E-state index in [4.69, 9.17) is 34.8 Å². The summed E-state index contributed by atoms with van der Waals surface area (Å²) in [6.07, 6.45) is -3.45. The molecule has 3 aromatic carbocycles. The van der Waals surface area contributed by atoms with Crippen LogP contribution in [0.4, 0.5) is 87.3 Å². The van der Waals surface area contributed by atoms with E-state index in [2.05, 4.69) is 49.6 Å². The maximum atomic E-state index is 15.6. The summed E-state index contributed by atoms with van der Waals surface area (Å²) in [6.45, 7) is 37.6. The van der Waals surface area contributed by atoms with Gasteiger partial charge in [0.05, 0.1) is 100 Å². The van der Waals surface area contributed by atoms with Crippen LogP contribution in [0.15, 0.2) is 107 Å². The van der Waals surface area contributed by atoms with Crippen molar-refractivity contribution >= 4 is 103 Å². The van der Waals surface area contributed by atoms with Gasteiger partial charge in [-0.2, -0.15) is 55.3 Å². The standard InChI is InChI=1S/2C34H29ClF6N6O3.C33H29ClF4N6O3/c2*1-7-21(48)46-16(5)12-45(13-17(46)6)30-18-10-20(35)28(22-24(36)23(34(39,40)41)25(37)26(38)31(22)49)44-32(18)47(33(50)19(30)11-42)29-15(4)8-9-43-27(29)14(2)3;1-7-21(45)43-16(5)12-42(13-17(43)6)30-18-10-20(34)28(22-23(35)24(36)25(37)26(38)31(22)46)41-32(18)44(33(47)19(30)11-39)29-15(4)8-9-40-27(29)14(2)3/h2*7-10,14,16-17,49H,1,12-13H2,2-6H3;7-10,14,16-17,46H,1,12-13H2,2-6H3/t3*16-,17+. The van der Waals surface area contributed by atoms with Gasteiger partial charge < -0.3 is 44.7 Å². The minimum Gasteiger partial charge on any atom is -0.504 e. The maximum Gasteiger partial charge on any atom is 0.422 e. The normalized spacial score (nSPS) is 16.6. The van der Waals surface area contributed by atoms with Crippen LogP contribution >= 0.6 is 34.8 Å². The number of phenols is 3. The van der Waals surface area contributed by atoms with E-state index in [0.717, 1.165) is 38.0 Å². The summed E-state index contributed by atoms with van der Waals surface area (Å²) in [5, 5.41) is 61.2. The number of pyridine rings is 9. The Hall–Kier alpha value is -15.2. The van der Waals surface area contributed by atoms with Crippen molar-refractivity contribution in [2.75, 3.05) is 54.0 Å². The molecule has 768 valence electrons. The number of piperazine rings is 3. The Morgan fingerprint density at radius 2 is 0.612 bits per heavy atom. The van der Waals surface area contributed by atoms with Gasteiger partial charge in [0.1, 0.15) is 63.0 Å². The largest absolute Gasteiger partial charge is 0.504 e. The van der Waals surface area contributed by atoms with E-state index in [1.165, 1.54) is 24.5 Å². The smallest absolute Gasteiger partial charge is 0.422 e. The van der Waals surface area contributed by atoms with Crippen LogP contribution in [0.1, 0.15) is 162 Å². The van der Waals surface area contributed by atoms with Gasteiger partial charge in [0, 0.05) is 110 Å². The predicted octanol–water partition coefficient (Wildman–Crippen LogP) is 20.6. The number of nitrogens with zero attached hydrogens (tertiary/aromatic N) is 18. The summed E-state index contributed by atoms with van der Waals surface area (Å²) in [6, 6.07) is 11.4. The summed E-state index contributed by atoms with van der Waals surface area (Å²) in [5.41, 5.74) is -13.4. The number of hydrogen-bond acceptors (Lipinski definition) is 21. The van der Waals surface area contributed by atoms with Gasteiger partial charge in [-0.25, -0.2) is 45.7 Å². The van der Waals surface area contributed by atoms with E-state index >= 15 is 13.2 Å². The molecule has 9 aromatic heterocycles. The van der Waals surface area contributed by atoms with E-state index in [9.17, 15) is 117 Å². The number of alkyl halides is 6. The van der Waals surface area contributed by atoms with Crippen molar-refractivity contribution in [1.29, 1.82) is 15.8 Å². The number of amides is 3. The lowest BCUT2D eigenvalue weighted by Gasteiger charge is -2.45. The van der Waals surface area contributed by atoms with Gasteiger partial charge >= 0.3 is 12.4 Å². The number of carbonyl (C=O) groups is 3. The summed E-state index contributed by atoms with van der Waals surface area (Å²) in [5.74, 6) is -30.5. The molecule has 0 radical (unpaired) electrons. The zero-order valence-electron chi connectivity index (χ0n) is 80.5. The fraction of sp³-hybridized carbons (Fsp3) is 0.317. The van der Waals surface area contributed by atoms with Crippen molar-refractivity contribution in [3.05, 3.63) is 259 Å². The molecule has 0 saturated carbocycles. The average molecular weight is 2110 g/mol. The molecule has 15 rings (SSSR count). The third-order valence-corrected chi connectivity index (χ3v) is 26.3. The highest BCUT2D eigenvalue weighted by atomic mass is 35.5. The number of hydrogen-bond donors (Lipinski definition) is 3. The Kier molecular flexibility index (Phi) is 30.7. The molecule has 0 unspecified atom stereocenters. The average Bonchev–Trinajstić information content (AvgIpc) is 0.721. The van der Waals surface area contributed by atoms with Crippen molar-refractivity contribution in [3.63, 3.8) is 0 Å². The van der Waals surface area contributed by atoms with Crippen LogP contribution in [-0.4, -0.2) is 167 Å². The van der Waals surface area contributed by atoms with Gasteiger partial charge in [-0.1, -0.05) is 96.1 Å². The van der Waals surface area contributed by atoms with Crippen molar-refractivity contribution in [1.82, 2.24) is 58.3 Å². The number of aromatic hydroxyl groups is 3. The van der Waals surface area contributed by atoms with Gasteiger partial charge in [-0.3, -0.25) is 57.4 Å². The van der Waals surface area contributed by atoms with Gasteiger partial charge in [0.25, 0.3) is 16.7 Å². The fourth-order valence-electron chi connectivity index (χ4n) is 19.3. The number of aromatic nitrogens is 9. The lowest BCUT2D eigenvalue weighted by Crippen LogP contribution is -2.58. The van der Waals surface area contributed by atoms with Crippen molar-refractivity contribution < 1.29 is 99.9 Å². The number of halogens is 19. The van der Waals surface area contributed by atoms with E-state index in [-0.39, 0.29) is 159 Å². The number of aryl methyl sites for hydroxylation is 3. The molecule has 27 nitrogen and oxygen atoms in total. The number of rotatable bonds is 15. The van der Waals surface area contributed by atoms with Gasteiger partial charge in [0.2, 0.25) is 41.0 Å². The number of nitriles is 3. The van der Waals surface area contributed by atoms with Crippen LogP contribution in [0.2, 0.25) is 15.1 Å². The third-order valence-electron chi connectivity index (χ3n) is 25.4. The first kappa shape index (κ1) is 109. The minimum atomic E-state index is -5.74. The van der Waals surface area contributed by atoms with E-state index in [0.29, 0.717) is 33.8 Å². The predicted molar refractivity (Wildman–Crippen MR) is 516 cm³/mol. The van der Waals surface area contributed by atoms with Gasteiger partial charge in [-0.05, 0) is 151 Å².